The molecule has 2 aromatic heterocycles. The highest BCUT2D eigenvalue weighted by Crippen LogP contribution is 2.17. The van der Waals surface area contributed by atoms with Crippen LogP contribution in [0.15, 0.2) is 18.6 Å². The number of rotatable bonds is 4. The lowest BCUT2D eigenvalue weighted by Gasteiger charge is -2.07. The first-order valence-corrected chi connectivity index (χ1v) is 6.75. The second-order valence-electron chi connectivity index (χ2n) is 4.62. The number of carbonyl (C=O) groups is 1. The highest BCUT2D eigenvalue weighted by atomic mass is 35.5. The highest BCUT2D eigenvalue weighted by Gasteiger charge is 2.16. The molecule has 0 fully saturated rings. The SMILES string of the molecule is CCn1cc(NC(=O)c2nc(C(C)C)ncc2Cl)cn1. The minimum atomic E-state index is -0.366. The Kier molecular flexibility index (Phi) is 4.34. The Labute approximate surface area is 122 Å². The first-order valence-electron chi connectivity index (χ1n) is 6.37. The quantitative estimate of drug-likeness (QED) is 0.940. The predicted octanol–water partition coefficient (Wildman–Crippen LogP) is 2.72. The van der Waals surface area contributed by atoms with Gasteiger partial charge in [-0.25, -0.2) is 9.97 Å². The van der Waals surface area contributed by atoms with E-state index in [1.54, 1.807) is 17.1 Å². The smallest absolute Gasteiger partial charge is 0.276 e. The van der Waals surface area contributed by atoms with Crippen LogP contribution in [0.5, 0.6) is 0 Å². The van der Waals surface area contributed by atoms with Crippen molar-refractivity contribution >= 4 is 23.2 Å². The van der Waals surface area contributed by atoms with Gasteiger partial charge in [0.15, 0.2) is 5.69 Å². The molecule has 0 unspecified atom stereocenters. The van der Waals surface area contributed by atoms with Crippen molar-refractivity contribution in [2.24, 2.45) is 0 Å². The van der Waals surface area contributed by atoms with E-state index < -0.39 is 0 Å². The Bertz CT molecular complexity index is 623. The van der Waals surface area contributed by atoms with Crippen molar-refractivity contribution in [3.8, 4) is 0 Å². The molecule has 1 amide bonds. The average molecular weight is 294 g/mol. The van der Waals surface area contributed by atoms with Gasteiger partial charge >= 0.3 is 0 Å². The number of carbonyl (C=O) groups excluding carboxylic acids is 1. The van der Waals surface area contributed by atoms with Crippen LogP contribution < -0.4 is 5.32 Å². The molecule has 0 aromatic carbocycles. The zero-order valence-corrected chi connectivity index (χ0v) is 12.3. The van der Waals surface area contributed by atoms with Crippen LogP contribution in [0.4, 0.5) is 5.69 Å². The van der Waals surface area contributed by atoms with Crippen LogP contribution in [0.1, 0.15) is 43.0 Å². The second-order valence-corrected chi connectivity index (χ2v) is 5.03. The third-order valence-corrected chi connectivity index (χ3v) is 2.99. The van der Waals surface area contributed by atoms with E-state index in [9.17, 15) is 4.79 Å². The summed E-state index contributed by atoms with van der Waals surface area (Å²) in [7, 11) is 0. The molecule has 0 aliphatic carbocycles. The maximum absolute atomic E-state index is 12.2. The maximum Gasteiger partial charge on any atom is 0.276 e. The van der Waals surface area contributed by atoms with Crippen molar-refractivity contribution < 1.29 is 4.79 Å². The van der Waals surface area contributed by atoms with E-state index in [2.05, 4.69) is 20.4 Å². The Morgan fingerprint density at radius 1 is 1.45 bits per heavy atom. The number of hydrogen-bond donors (Lipinski definition) is 1. The van der Waals surface area contributed by atoms with Crippen molar-refractivity contribution in [2.75, 3.05) is 5.32 Å². The molecule has 106 valence electrons. The molecule has 2 heterocycles. The lowest BCUT2D eigenvalue weighted by Crippen LogP contribution is -2.16. The molecule has 0 spiro atoms. The Balaban J connectivity index is 2.22. The Morgan fingerprint density at radius 2 is 2.20 bits per heavy atom. The molecule has 0 aliphatic rings. The van der Waals surface area contributed by atoms with Crippen molar-refractivity contribution in [2.45, 2.75) is 33.2 Å². The number of amides is 1. The third-order valence-electron chi connectivity index (χ3n) is 2.71. The summed E-state index contributed by atoms with van der Waals surface area (Å²) in [6, 6.07) is 0. The highest BCUT2D eigenvalue weighted by molar-refractivity contribution is 6.33. The summed E-state index contributed by atoms with van der Waals surface area (Å²) in [5.74, 6) is 0.348. The summed E-state index contributed by atoms with van der Waals surface area (Å²) in [5, 5.41) is 7.04. The van der Waals surface area contributed by atoms with Gasteiger partial charge in [-0.15, -0.1) is 0 Å². The molecule has 0 radical (unpaired) electrons. The fourth-order valence-corrected chi connectivity index (χ4v) is 1.79. The van der Waals surface area contributed by atoms with E-state index in [1.807, 2.05) is 20.8 Å². The Hall–Kier alpha value is -1.95. The van der Waals surface area contributed by atoms with E-state index in [-0.39, 0.29) is 22.5 Å². The zero-order valence-electron chi connectivity index (χ0n) is 11.6. The van der Waals surface area contributed by atoms with Gasteiger partial charge in [0.05, 0.1) is 23.1 Å². The monoisotopic (exact) mass is 293 g/mol. The lowest BCUT2D eigenvalue weighted by atomic mass is 10.2. The van der Waals surface area contributed by atoms with Crippen LogP contribution in [0.3, 0.4) is 0 Å². The van der Waals surface area contributed by atoms with E-state index >= 15 is 0 Å². The van der Waals surface area contributed by atoms with Gasteiger partial charge in [-0.1, -0.05) is 25.4 Å². The Morgan fingerprint density at radius 3 is 2.80 bits per heavy atom. The summed E-state index contributed by atoms with van der Waals surface area (Å²) < 4.78 is 1.72. The van der Waals surface area contributed by atoms with Gasteiger partial charge in [0.25, 0.3) is 5.91 Å². The van der Waals surface area contributed by atoms with E-state index in [0.29, 0.717) is 11.5 Å². The minimum absolute atomic E-state index is 0.127. The summed E-state index contributed by atoms with van der Waals surface area (Å²) in [6.07, 6.45) is 4.78. The number of nitrogens with zero attached hydrogens (tertiary/aromatic N) is 4. The number of halogens is 1. The predicted molar refractivity (Wildman–Crippen MR) is 77.0 cm³/mol. The molecule has 1 N–H and O–H groups in total. The summed E-state index contributed by atoms with van der Waals surface area (Å²) in [6.45, 7) is 6.61. The van der Waals surface area contributed by atoms with Crippen molar-refractivity contribution in [3.63, 3.8) is 0 Å². The van der Waals surface area contributed by atoms with Crippen molar-refractivity contribution in [1.82, 2.24) is 19.7 Å². The first kappa shape index (κ1) is 14.5. The molecule has 0 atom stereocenters. The van der Waals surface area contributed by atoms with Crippen molar-refractivity contribution in [1.29, 1.82) is 0 Å². The van der Waals surface area contributed by atoms with Gasteiger partial charge in [0.2, 0.25) is 0 Å². The normalized spacial score (nSPS) is 10.8. The number of nitrogens with one attached hydrogen (secondary N) is 1. The molecule has 0 saturated heterocycles. The fourth-order valence-electron chi connectivity index (χ4n) is 1.61. The number of anilines is 1. The standard InChI is InChI=1S/C13H16ClN5O/c1-4-19-7-9(5-16-19)17-13(20)11-10(14)6-15-12(18-11)8(2)3/h5-8H,4H2,1-3H3,(H,17,20). The van der Waals surface area contributed by atoms with E-state index in [4.69, 9.17) is 11.6 Å². The number of aryl methyl sites for hydroxylation is 1. The largest absolute Gasteiger partial charge is 0.318 e. The maximum atomic E-state index is 12.2. The van der Waals surface area contributed by atoms with Crippen LogP contribution in [-0.2, 0) is 6.54 Å². The van der Waals surface area contributed by atoms with Crippen LogP contribution in [0.25, 0.3) is 0 Å². The third kappa shape index (κ3) is 3.14. The van der Waals surface area contributed by atoms with Crippen LogP contribution in [0, 0.1) is 0 Å². The molecule has 7 heteroatoms. The molecule has 0 bridgehead atoms. The van der Waals surface area contributed by atoms with Crippen LogP contribution in [0.2, 0.25) is 5.02 Å². The molecule has 20 heavy (non-hydrogen) atoms. The summed E-state index contributed by atoms with van der Waals surface area (Å²) >= 11 is 5.99. The fraction of sp³-hybridized carbons (Fsp3) is 0.385. The van der Waals surface area contributed by atoms with Crippen LogP contribution in [-0.4, -0.2) is 25.7 Å². The van der Waals surface area contributed by atoms with Gasteiger partial charge in [-0.2, -0.15) is 5.10 Å². The number of hydrogen-bond acceptors (Lipinski definition) is 4. The van der Waals surface area contributed by atoms with Crippen molar-refractivity contribution in [3.05, 3.63) is 35.1 Å². The van der Waals surface area contributed by atoms with E-state index in [1.165, 1.54) is 6.20 Å². The topological polar surface area (TPSA) is 72.7 Å². The molecular weight excluding hydrogens is 278 g/mol. The van der Waals surface area contributed by atoms with Gasteiger partial charge in [-0.3, -0.25) is 9.48 Å². The molecule has 0 aliphatic heterocycles. The minimum Gasteiger partial charge on any atom is -0.318 e. The van der Waals surface area contributed by atoms with Gasteiger partial charge in [0, 0.05) is 18.7 Å². The molecular formula is C13H16ClN5O. The van der Waals surface area contributed by atoms with Gasteiger partial charge < -0.3 is 5.32 Å². The van der Waals surface area contributed by atoms with E-state index in [0.717, 1.165) is 6.54 Å². The van der Waals surface area contributed by atoms with Gasteiger partial charge in [-0.05, 0) is 6.92 Å². The molecule has 0 saturated carbocycles. The first-order chi connectivity index (χ1) is 9.51. The molecule has 2 aromatic rings. The zero-order chi connectivity index (χ0) is 14.7. The van der Waals surface area contributed by atoms with Crippen LogP contribution >= 0.6 is 11.6 Å². The summed E-state index contributed by atoms with van der Waals surface area (Å²) in [5.41, 5.74) is 0.784. The summed E-state index contributed by atoms with van der Waals surface area (Å²) in [4.78, 5) is 20.5. The molecule has 6 nitrogen and oxygen atoms in total. The average Bonchev–Trinajstić information content (AvgIpc) is 2.86. The molecule has 2 rings (SSSR count). The second kappa shape index (κ2) is 6.00. The number of aromatic nitrogens is 4. The van der Waals surface area contributed by atoms with Gasteiger partial charge in [0.1, 0.15) is 5.82 Å². The lowest BCUT2D eigenvalue weighted by molar-refractivity contribution is 0.102.